The Morgan fingerprint density at radius 1 is 1.24 bits per heavy atom. The van der Waals surface area contributed by atoms with E-state index in [-0.39, 0.29) is 12.5 Å². The topological polar surface area (TPSA) is 80.5 Å². The number of amides is 1. The summed E-state index contributed by atoms with van der Waals surface area (Å²) in [6.07, 6.45) is 1.04. The molecule has 1 N–H and O–H groups in total. The number of hydrogen-bond acceptors (Lipinski definition) is 6. The molecule has 7 heteroatoms. The van der Waals surface area contributed by atoms with E-state index in [0.29, 0.717) is 35.5 Å². The molecule has 0 radical (unpaired) electrons. The van der Waals surface area contributed by atoms with Gasteiger partial charge in [0, 0.05) is 43.1 Å². The summed E-state index contributed by atoms with van der Waals surface area (Å²) in [5, 5.41) is 11.0. The number of carbonyl (C=O) groups is 1. The Labute approximate surface area is 169 Å². The predicted molar refractivity (Wildman–Crippen MR) is 110 cm³/mol. The van der Waals surface area contributed by atoms with Gasteiger partial charge in [-0.3, -0.25) is 4.79 Å². The third-order valence-corrected chi connectivity index (χ3v) is 5.09. The zero-order chi connectivity index (χ0) is 20.2. The number of carbonyl (C=O) groups excluding carboxylic acids is 1. The molecule has 29 heavy (non-hydrogen) atoms. The molecule has 1 amide bonds. The maximum atomic E-state index is 12.6. The molecule has 1 atom stereocenters. The second-order valence-electron chi connectivity index (χ2n) is 7.15. The monoisotopic (exact) mass is 392 g/mol. The average molecular weight is 392 g/mol. The van der Waals surface area contributed by atoms with E-state index in [0.717, 1.165) is 13.0 Å². The van der Waals surface area contributed by atoms with Gasteiger partial charge in [0.05, 0.1) is 0 Å². The van der Waals surface area contributed by atoms with Crippen LogP contribution in [-0.2, 0) is 17.8 Å². The van der Waals surface area contributed by atoms with E-state index >= 15 is 0 Å². The Balaban J connectivity index is 1.38. The van der Waals surface area contributed by atoms with Crippen molar-refractivity contribution in [2.45, 2.75) is 26.0 Å². The van der Waals surface area contributed by atoms with Crippen LogP contribution >= 0.6 is 0 Å². The van der Waals surface area contributed by atoms with Gasteiger partial charge in [-0.05, 0) is 43.2 Å². The van der Waals surface area contributed by atoms with Gasteiger partial charge >= 0.3 is 0 Å². The van der Waals surface area contributed by atoms with E-state index < -0.39 is 0 Å². The number of rotatable bonds is 7. The lowest BCUT2D eigenvalue weighted by Gasteiger charge is -2.25. The Hall–Kier alpha value is -3.19. The molecular formula is C22H24N4O3. The maximum absolute atomic E-state index is 12.6. The number of anilines is 1. The van der Waals surface area contributed by atoms with Crippen molar-refractivity contribution in [2.75, 3.05) is 25.1 Å². The van der Waals surface area contributed by atoms with Crippen molar-refractivity contribution in [1.82, 2.24) is 15.5 Å². The smallest absolute Gasteiger partial charge is 0.251 e. The Morgan fingerprint density at radius 3 is 2.97 bits per heavy atom. The molecule has 150 valence electrons. The molecule has 2 aromatic carbocycles. The van der Waals surface area contributed by atoms with E-state index in [1.54, 1.807) is 19.2 Å². The van der Waals surface area contributed by atoms with Crippen LogP contribution in [-0.4, -0.2) is 42.3 Å². The van der Waals surface area contributed by atoms with Crippen molar-refractivity contribution in [1.29, 1.82) is 0 Å². The van der Waals surface area contributed by atoms with Crippen molar-refractivity contribution in [3.63, 3.8) is 0 Å². The van der Waals surface area contributed by atoms with Crippen molar-refractivity contribution >= 4 is 11.6 Å². The number of ether oxygens (including phenoxy) is 1. The van der Waals surface area contributed by atoms with Crippen molar-refractivity contribution in [3.8, 4) is 11.5 Å². The highest BCUT2D eigenvalue weighted by atomic mass is 16.5. The Kier molecular flexibility index (Phi) is 5.57. The Morgan fingerprint density at radius 2 is 2.10 bits per heavy atom. The number of hydrogen-bond donors (Lipinski definition) is 1. The number of methoxy groups -OCH3 is 1. The van der Waals surface area contributed by atoms with Crippen LogP contribution in [0.25, 0.3) is 11.5 Å². The van der Waals surface area contributed by atoms with Crippen LogP contribution in [0, 0.1) is 0 Å². The lowest BCUT2D eigenvalue weighted by atomic mass is 10.1. The maximum Gasteiger partial charge on any atom is 0.251 e. The van der Waals surface area contributed by atoms with Gasteiger partial charge in [-0.25, -0.2) is 0 Å². The molecule has 2 heterocycles. The minimum absolute atomic E-state index is 0.122. The highest BCUT2D eigenvalue weighted by Gasteiger charge is 2.25. The van der Waals surface area contributed by atoms with Gasteiger partial charge < -0.3 is 19.4 Å². The minimum Gasteiger partial charge on any atom is -0.418 e. The van der Waals surface area contributed by atoms with Gasteiger partial charge in [-0.15, -0.1) is 10.2 Å². The van der Waals surface area contributed by atoms with E-state index in [4.69, 9.17) is 9.15 Å². The standard InChI is InChI=1S/C22H24N4O3/c1-15-12-16-6-3-4-9-19(16)26(15)11-10-23-21(27)17-7-5-8-18(13-17)22-25-24-20(29-22)14-28-2/h3-9,13,15H,10-12,14H2,1-2H3,(H,23,27)/t15-/m1/s1. The summed E-state index contributed by atoms with van der Waals surface area (Å²) in [5.74, 6) is 0.648. The largest absolute Gasteiger partial charge is 0.418 e. The lowest BCUT2D eigenvalue weighted by molar-refractivity contribution is 0.0954. The Bertz CT molecular complexity index is 1000. The van der Waals surface area contributed by atoms with E-state index in [9.17, 15) is 4.79 Å². The molecule has 0 saturated carbocycles. The fraction of sp³-hybridized carbons (Fsp3) is 0.318. The highest BCUT2D eigenvalue weighted by molar-refractivity contribution is 5.95. The first-order chi connectivity index (χ1) is 14.2. The molecule has 0 saturated heterocycles. The van der Waals surface area contributed by atoms with Crippen molar-refractivity contribution in [2.24, 2.45) is 0 Å². The number of aromatic nitrogens is 2. The molecule has 0 aliphatic carbocycles. The zero-order valence-corrected chi connectivity index (χ0v) is 16.6. The molecule has 3 aromatic rings. The number of para-hydroxylation sites is 1. The van der Waals surface area contributed by atoms with Crippen LogP contribution in [0.5, 0.6) is 0 Å². The molecule has 1 aromatic heterocycles. The predicted octanol–water partition coefficient (Wildman–Crippen LogP) is 3.06. The number of fused-ring (bicyclic) bond motifs is 1. The lowest BCUT2D eigenvalue weighted by Crippen LogP contribution is -2.37. The molecule has 7 nitrogen and oxygen atoms in total. The van der Waals surface area contributed by atoms with Gasteiger partial charge in [0.15, 0.2) is 0 Å². The number of nitrogens with zero attached hydrogens (tertiary/aromatic N) is 3. The van der Waals surface area contributed by atoms with Crippen LogP contribution in [0.2, 0.25) is 0 Å². The second kappa shape index (κ2) is 8.45. The molecule has 4 rings (SSSR count). The van der Waals surface area contributed by atoms with Crippen LogP contribution in [0.4, 0.5) is 5.69 Å². The van der Waals surface area contributed by atoms with Gasteiger partial charge in [0.25, 0.3) is 5.91 Å². The second-order valence-corrected chi connectivity index (χ2v) is 7.15. The molecule has 1 aliphatic heterocycles. The fourth-order valence-corrected chi connectivity index (χ4v) is 3.71. The van der Waals surface area contributed by atoms with Crippen LogP contribution in [0.15, 0.2) is 52.9 Å². The SMILES string of the molecule is COCc1nnc(-c2cccc(C(=O)NCCN3c4ccccc4C[C@H]3C)c2)o1. The summed E-state index contributed by atoms with van der Waals surface area (Å²) in [5.41, 5.74) is 3.89. The normalized spacial score (nSPS) is 15.4. The summed E-state index contributed by atoms with van der Waals surface area (Å²) < 4.78 is 10.5. The van der Waals surface area contributed by atoms with E-state index in [2.05, 4.69) is 51.6 Å². The van der Waals surface area contributed by atoms with Gasteiger partial charge in [-0.1, -0.05) is 24.3 Å². The molecular weight excluding hydrogens is 368 g/mol. The first-order valence-electron chi connectivity index (χ1n) is 9.70. The van der Waals surface area contributed by atoms with Gasteiger partial charge in [0.1, 0.15) is 6.61 Å². The van der Waals surface area contributed by atoms with Crippen molar-refractivity contribution in [3.05, 3.63) is 65.5 Å². The van der Waals surface area contributed by atoms with E-state index in [1.165, 1.54) is 11.3 Å². The first kappa shape index (κ1) is 19.1. The first-order valence-corrected chi connectivity index (χ1v) is 9.70. The fourth-order valence-electron chi connectivity index (χ4n) is 3.71. The third kappa shape index (κ3) is 4.14. The summed E-state index contributed by atoms with van der Waals surface area (Å²) in [6, 6.07) is 16.1. The zero-order valence-electron chi connectivity index (χ0n) is 16.6. The highest BCUT2D eigenvalue weighted by Crippen LogP contribution is 2.31. The molecule has 0 fully saturated rings. The molecule has 0 spiro atoms. The molecule has 0 unspecified atom stereocenters. The average Bonchev–Trinajstić information content (AvgIpc) is 3.33. The van der Waals surface area contributed by atoms with E-state index in [1.807, 2.05) is 12.1 Å². The van der Waals surface area contributed by atoms with Crippen LogP contribution < -0.4 is 10.2 Å². The third-order valence-electron chi connectivity index (χ3n) is 5.09. The molecule has 1 aliphatic rings. The summed E-state index contributed by atoms with van der Waals surface area (Å²) >= 11 is 0. The number of benzene rings is 2. The van der Waals surface area contributed by atoms with Crippen LogP contribution in [0.3, 0.4) is 0 Å². The van der Waals surface area contributed by atoms with Crippen molar-refractivity contribution < 1.29 is 13.9 Å². The minimum atomic E-state index is -0.122. The van der Waals surface area contributed by atoms with Gasteiger partial charge in [-0.2, -0.15) is 0 Å². The summed E-state index contributed by atoms with van der Waals surface area (Å²) in [6.45, 7) is 3.81. The molecule has 0 bridgehead atoms. The van der Waals surface area contributed by atoms with Gasteiger partial charge in [0.2, 0.25) is 11.8 Å². The summed E-state index contributed by atoms with van der Waals surface area (Å²) in [7, 11) is 1.57. The summed E-state index contributed by atoms with van der Waals surface area (Å²) in [4.78, 5) is 15.0. The quantitative estimate of drug-likeness (QED) is 0.666. The number of nitrogens with one attached hydrogen (secondary N) is 1. The van der Waals surface area contributed by atoms with Crippen LogP contribution in [0.1, 0.15) is 28.7 Å².